The molecule has 112 valence electrons. The highest BCUT2D eigenvalue weighted by molar-refractivity contribution is 7.05. The van der Waals surface area contributed by atoms with Gasteiger partial charge in [0.2, 0.25) is 0 Å². The molecule has 0 spiro atoms. The fraction of sp³-hybridized carbons (Fsp3) is 0.375. The van der Waals surface area contributed by atoms with E-state index in [2.05, 4.69) is 9.69 Å². The van der Waals surface area contributed by atoms with Crippen LogP contribution in [-0.4, -0.2) is 22.9 Å². The summed E-state index contributed by atoms with van der Waals surface area (Å²) in [5.41, 5.74) is 1.04. The SMILES string of the molecule is CCC(Oc1ccccc1C)C(=O)NCCc1ccns1. The maximum atomic E-state index is 12.2. The average Bonchev–Trinajstić information content (AvgIpc) is 2.99. The molecule has 1 N–H and O–H groups in total. The van der Waals surface area contributed by atoms with Gasteiger partial charge in [-0.25, -0.2) is 4.37 Å². The molecule has 0 radical (unpaired) electrons. The van der Waals surface area contributed by atoms with E-state index in [1.807, 2.05) is 44.2 Å². The molecule has 5 heteroatoms. The lowest BCUT2D eigenvalue weighted by molar-refractivity contribution is -0.128. The third kappa shape index (κ3) is 4.56. The molecule has 0 aliphatic heterocycles. The van der Waals surface area contributed by atoms with Crippen LogP contribution in [0.2, 0.25) is 0 Å². The number of aromatic nitrogens is 1. The van der Waals surface area contributed by atoms with Gasteiger partial charge in [-0.15, -0.1) is 0 Å². The minimum Gasteiger partial charge on any atom is -0.480 e. The van der Waals surface area contributed by atoms with Crippen molar-refractivity contribution in [2.45, 2.75) is 32.8 Å². The van der Waals surface area contributed by atoms with Crippen LogP contribution in [0.15, 0.2) is 36.5 Å². The Bertz CT molecular complexity index is 569. The molecular formula is C16H20N2O2S. The van der Waals surface area contributed by atoms with Crippen LogP contribution in [0.5, 0.6) is 5.75 Å². The van der Waals surface area contributed by atoms with Crippen LogP contribution in [0, 0.1) is 6.92 Å². The molecule has 0 aliphatic carbocycles. The summed E-state index contributed by atoms with van der Waals surface area (Å²) in [4.78, 5) is 13.3. The van der Waals surface area contributed by atoms with E-state index in [0.717, 1.165) is 17.7 Å². The fourth-order valence-corrected chi connectivity index (χ4v) is 2.53. The topological polar surface area (TPSA) is 51.2 Å². The predicted molar refractivity (Wildman–Crippen MR) is 84.7 cm³/mol. The van der Waals surface area contributed by atoms with E-state index in [9.17, 15) is 4.79 Å². The molecule has 1 unspecified atom stereocenters. The van der Waals surface area contributed by atoms with Gasteiger partial charge in [-0.3, -0.25) is 4.79 Å². The lowest BCUT2D eigenvalue weighted by atomic mass is 10.2. The van der Waals surface area contributed by atoms with Gasteiger partial charge in [0.05, 0.1) is 0 Å². The summed E-state index contributed by atoms with van der Waals surface area (Å²) in [6, 6.07) is 9.71. The third-order valence-electron chi connectivity index (χ3n) is 3.19. The molecule has 0 saturated heterocycles. The molecule has 21 heavy (non-hydrogen) atoms. The van der Waals surface area contributed by atoms with E-state index in [0.29, 0.717) is 13.0 Å². The molecular weight excluding hydrogens is 284 g/mol. The van der Waals surface area contributed by atoms with Gasteiger partial charge in [0.1, 0.15) is 5.75 Å². The number of hydrogen-bond donors (Lipinski definition) is 1. The van der Waals surface area contributed by atoms with Crippen LogP contribution < -0.4 is 10.1 Å². The van der Waals surface area contributed by atoms with Crippen LogP contribution in [0.3, 0.4) is 0 Å². The third-order valence-corrected chi connectivity index (χ3v) is 3.99. The van der Waals surface area contributed by atoms with Gasteiger partial charge in [-0.05, 0) is 42.6 Å². The first-order valence-corrected chi connectivity index (χ1v) is 7.87. The summed E-state index contributed by atoms with van der Waals surface area (Å²) in [7, 11) is 0. The molecule has 4 nitrogen and oxygen atoms in total. The Hall–Kier alpha value is -1.88. The fourth-order valence-electron chi connectivity index (χ4n) is 1.96. The van der Waals surface area contributed by atoms with Crippen molar-refractivity contribution in [3.8, 4) is 5.75 Å². The second-order valence-corrected chi connectivity index (χ2v) is 5.72. The molecule has 1 amide bonds. The molecule has 0 aliphatic rings. The van der Waals surface area contributed by atoms with Gasteiger partial charge in [0.15, 0.2) is 6.10 Å². The monoisotopic (exact) mass is 304 g/mol. The summed E-state index contributed by atoms with van der Waals surface area (Å²) in [5, 5.41) is 2.93. The summed E-state index contributed by atoms with van der Waals surface area (Å²) >= 11 is 1.46. The molecule has 2 rings (SSSR count). The van der Waals surface area contributed by atoms with Crippen LogP contribution in [-0.2, 0) is 11.2 Å². The highest BCUT2D eigenvalue weighted by Crippen LogP contribution is 2.18. The van der Waals surface area contributed by atoms with E-state index in [1.54, 1.807) is 6.20 Å². The molecule has 1 aromatic heterocycles. The second kappa shape index (κ2) is 7.78. The first kappa shape index (κ1) is 15.5. The number of amides is 1. The summed E-state index contributed by atoms with van der Waals surface area (Å²) in [6.45, 7) is 4.53. The molecule has 1 atom stereocenters. The minimum atomic E-state index is -0.451. The highest BCUT2D eigenvalue weighted by Gasteiger charge is 2.18. The zero-order valence-corrected chi connectivity index (χ0v) is 13.2. The number of rotatable bonds is 7. The Labute approximate surface area is 129 Å². The van der Waals surface area contributed by atoms with E-state index >= 15 is 0 Å². The van der Waals surface area contributed by atoms with E-state index in [1.165, 1.54) is 16.4 Å². The second-order valence-electron chi connectivity index (χ2n) is 4.80. The van der Waals surface area contributed by atoms with Crippen molar-refractivity contribution in [1.82, 2.24) is 9.69 Å². The number of nitrogens with one attached hydrogen (secondary N) is 1. The Morgan fingerprint density at radius 3 is 2.86 bits per heavy atom. The van der Waals surface area contributed by atoms with E-state index in [-0.39, 0.29) is 5.91 Å². The van der Waals surface area contributed by atoms with Gasteiger partial charge in [0, 0.05) is 24.0 Å². The molecule has 0 fully saturated rings. The van der Waals surface area contributed by atoms with Gasteiger partial charge in [0.25, 0.3) is 5.91 Å². The Morgan fingerprint density at radius 2 is 2.19 bits per heavy atom. The molecule has 2 aromatic rings. The highest BCUT2D eigenvalue weighted by atomic mass is 32.1. The normalized spacial score (nSPS) is 11.9. The largest absolute Gasteiger partial charge is 0.480 e. The first-order chi connectivity index (χ1) is 10.2. The van der Waals surface area contributed by atoms with Gasteiger partial charge in [-0.2, -0.15) is 0 Å². The maximum absolute atomic E-state index is 12.2. The Morgan fingerprint density at radius 1 is 1.38 bits per heavy atom. The number of aryl methyl sites for hydroxylation is 1. The van der Waals surface area contributed by atoms with E-state index in [4.69, 9.17) is 4.74 Å². The summed E-state index contributed by atoms with van der Waals surface area (Å²) in [5.74, 6) is 0.701. The quantitative estimate of drug-likeness (QED) is 0.855. The predicted octanol–water partition coefficient (Wildman–Crippen LogP) is 2.97. The van der Waals surface area contributed by atoms with Crippen molar-refractivity contribution in [1.29, 1.82) is 0 Å². The number of benzene rings is 1. The smallest absolute Gasteiger partial charge is 0.261 e. The average molecular weight is 304 g/mol. The Kier molecular flexibility index (Phi) is 5.75. The van der Waals surface area contributed by atoms with Crippen LogP contribution in [0.4, 0.5) is 0 Å². The maximum Gasteiger partial charge on any atom is 0.261 e. The summed E-state index contributed by atoms with van der Waals surface area (Å²) < 4.78 is 9.86. The van der Waals surface area contributed by atoms with Gasteiger partial charge in [-0.1, -0.05) is 25.1 Å². The molecule has 1 heterocycles. The standard InChI is InChI=1S/C16H20N2O2S/c1-3-14(20-15-7-5-4-6-12(15)2)16(19)17-10-8-13-9-11-18-21-13/h4-7,9,11,14H,3,8,10H2,1-2H3,(H,17,19). The first-order valence-electron chi connectivity index (χ1n) is 7.10. The number of hydrogen-bond acceptors (Lipinski definition) is 4. The van der Waals surface area contributed by atoms with Gasteiger partial charge < -0.3 is 10.1 Å². The molecule has 0 saturated carbocycles. The summed E-state index contributed by atoms with van der Waals surface area (Å²) in [6.07, 6.45) is 2.77. The van der Waals surface area contributed by atoms with Gasteiger partial charge >= 0.3 is 0 Å². The zero-order chi connectivity index (χ0) is 15.1. The minimum absolute atomic E-state index is 0.0646. The van der Waals surface area contributed by atoms with Crippen molar-refractivity contribution in [3.63, 3.8) is 0 Å². The number of carbonyl (C=O) groups excluding carboxylic acids is 1. The van der Waals surface area contributed by atoms with Crippen LogP contribution in [0.25, 0.3) is 0 Å². The number of ether oxygens (including phenoxy) is 1. The van der Waals surface area contributed by atoms with Crippen LogP contribution in [0.1, 0.15) is 23.8 Å². The lowest BCUT2D eigenvalue weighted by Crippen LogP contribution is -2.39. The lowest BCUT2D eigenvalue weighted by Gasteiger charge is -2.18. The van der Waals surface area contributed by atoms with Crippen molar-refractivity contribution in [2.24, 2.45) is 0 Å². The number of carbonyl (C=O) groups is 1. The van der Waals surface area contributed by atoms with Crippen molar-refractivity contribution in [3.05, 3.63) is 47.0 Å². The van der Waals surface area contributed by atoms with E-state index < -0.39 is 6.10 Å². The van der Waals surface area contributed by atoms with Crippen molar-refractivity contribution >= 4 is 17.4 Å². The Balaban J connectivity index is 1.85. The van der Waals surface area contributed by atoms with Crippen LogP contribution >= 0.6 is 11.5 Å². The zero-order valence-electron chi connectivity index (χ0n) is 12.3. The molecule has 0 bridgehead atoms. The number of nitrogens with zero attached hydrogens (tertiary/aromatic N) is 1. The van der Waals surface area contributed by atoms with Crippen molar-refractivity contribution < 1.29 is 9.53 Å². The number of para-hydroxylation sites is 1. The molecule has 1 aromatic carbocycles. The van der Waals surface area contributed by atoms with Crippen molar-refractivity contribution in [2.75, 3.05) is 6.54 Å².